The van der Waals surface area contributed by atoms with Gasteiger partial charge in [-0.25, -0.2) is 4.79 Å². The van der Waals surface area contributed by atoms with E-state index in [1.807, 2.05) is 30.3 Å². The second kappa shape index (κ2) is 9.88. The molecule has 3 rings (SSSR count). The topological polar surface area (TPSA) is 64.6 Å². The number of anilines is 1. The van der Waals surface area contributed by atoms with Gasteiger partial charge >= 0.3 is 5.97 Å². The van der Waals surface area contributed by atoms with Crippen molar-refractivity contribution in [3.05, 3.63) is 66.7 Å². The molecular weight excluding hydrogens is 400 g/mol. The van der Waals surface area contributed by atoms with Gasteiger partial charge in [0.2, 0.25) is 0 Å². The van der Waals surface area contributed by atoms with Gasteiger partial charge in [0, 0.05) is 4.90 Å². The molecule has 0 saturated heterocycles. The molecule has 0 bridgehead atoms. The lowest BCUT2D eigenvalue weighted by Crippen LogP contribution is -2.23. The Labute approximate surface area is 170 Å². The Hall–Kier alpha value is -3.13. The van der Waals surface area contributed by atoms with Crippen LogP contribution in [0.5, 0.6) is 5.75 Å². The van der Waals surface area contributed by atoms with Crippen LogP contribution < -0.4 is 10.1 Å². The first-order valence-corrected chi connectivity index (χ1v) is 9.50. The number of carbonyl (C=O) groups excluding carboxylic acids is 2. The van der Waals surface area contributed by atoms with Crippen molar-refractivity contribution in [3.8, 4) is 5.75 Å². The second-order valence-corrected chi connectivity index (χ2v) is 6.91. The molecule has 1 amide bonds. The number of esters is 1. The normalized spacial score (nSPS) is 10.7. The Bertz CT molecular complexity index is 1010. The van der Waals surface area contributed by atoms with Gasteiger partial charge in [0.05, 0.1) is 5.69 Å². The van der Waals surface area contributed by atoms with Gasteiger partial charge in [-0.2, -0.15) is 8.78 Å². The molecule has 0 spiro atoms. The van der Waals surface area contributed by atoms with Crippen molar-refractivity contribution in [2.45, 2.75) is 10.7 Å². The van der Waals surface area contributed by atoms with E-state index in [1.165, 1.54) is 12.1 Å². The number of carbonyl (C=O) groups is 2. The molecule has 3 aromatic rings. The molecule has 0 aliphatic rings. The Kier molecular flexibility index (Phi) is 7.02. The molecule has 5 nitrogen and oxygen atoms in total. The van der Waals surface area contributed by atoms with Crippen LogP contribution in [0, 0.1) is 0 Å². The third kappa shape index (κ3) is 6.18. The zero-order valence-electron chi connectivity index (χ0n) is 15.1. The zero-order chi connectivity index (χ0) is 20.6. The van der Waals surface area contributed by atoms with Crippen LogP contribution in [0.25, 0.3) is 10.8 Å². The van der Waals surface area contributed by atoms with E-state index in [0.29, 0.717) is 17.5 Å². The number of hydrogen-bond acceptors (Lipinski definition) is 5. The first kappa shape index (κ1) is 20.6. The molecule has 0 unspecified atom stereocenters. The maximum Gasteiger partial charge on any atom is 0.344 e. The van der Waals surface area contributed by atoms with Crippen molar-refractivity contribution < 1.29 is 27.8 Å². The molecular formula is C21H17F2NO4S. The summed E-state index contributed by atoms with van der Waals surface area (Å²) in [5.41, 5.74) is 0.228. The average Bonchev–Trinajstić information content (AvgIpc) is 2.71. The highest BCUT2D eigenvalue weighted by molar-refractivity contribution is 7.99. The van der Waals surface area contributed by atoms with Crippen LogP contribution in [0.4, 0.5) is 14.5 Å². The van der Waals surface area contributed by atoms with Crippen LogP contribution in [0.15, 0.2) is 71.6 Å². The van der Waals surface area contributed by atoms with E-state index in [1.54, 1.807) is 24.3 Å². The van der Waals surface area contributed by atoms with Gasteiger partial charge in [-0.15, -0.1) is 0 Å². The molecule has 0 atom stereocenters. The summed E-state index contributed by atoms with van der Waals surface area (Å²) in [6.07, 6.45) is 0. The van der Waals surface area contributed by atoms with Crippen LogP contribution >= 0.6 is 11.8 Å². The van der Waals surface area contributed by atoms with Crippen molar-refractivity contribution in [1.82, 2.24) is 0 Å². The predicted octanol–water partition coefficient (Wildman–Crippen LogP) is 4.72. The molecule has 8 heteroatoms. The monoisotopic (exact) mass is 417 g/mol. The third-order valence-corrected chi connectivity index (χ3v) is 4.61. The Morgan fingerprint density at radius 3 is 2.45 bits per heavy atom. The summed E-state index contributed by atoms with van der Waals surface area (Å²) in [6.45, 7) is -0.906. The van der Waals surface area contributed by atoms with Crippen molar-refractivity contribution in [1.29, 1.82) is 0 Å². The number of thioether (sulfide) groups is 1. The molecule has 0 aromatic heterocycles. The fourth-order valence-corrected chi connectivity index (χ4v) is 3.14. The van der Waals surface area contributed by atoms with E-state index in [9.17, 15) is 18.4 Å². The number of alkyl halides is 2. The van der Waals surface area contributed by atoms with Gasteiger partial charge in [-0.1, -0.05) is 54.2 Å². The number of nitrogens with one attached hydrogen (secondary N) is 1. The summed E-state index contributed by atoms with van der Waals surface area (Å²) in [4.78, 5) is 24.0. The van der Waals surface area contributed by atoms with Gasteiger partial charge in [-0.05, 0) is 35.0 Å². The van der Waals surface area contributed by atoms with Crippen LogP contribution in [0.1, 0.15) is 0 Å². The van der Waals surface area contributed by atoms with E-state index in [-0.39, 0.29) is 17.2 Å². The molecule has 0 fully saturated rings. The lowest BCUT2D eigenvalue weighted by molar-refractivity contribution is -0.149. The summed E-state index contributed by atoms with van der Waals surface area (Å²) in [7, 11) is 0. The van der Waals surface area contributed by atoms with Gasteiger partial charge in [0.25, 0.3) is 11.7 Å². The number of benzene rings is 3. The van der Waals surface area contributed by atoms with Gasteiger partial charge < -0.3 is 14.8 Å². The number of para-hydroxylation sites is 1. The van der Waals surface area contributed by atoms with E-state index >= 15 is 0 Å². The van der Waals surface area contributed by atoms with E-state index in [0.717, 1.165) is 10.8 Å². The number of fused-ring (bicyclic) bond motifs is 1. The minimum atomic E-state index is -2.61. The summed E-state index contributed by atoms with van der Waals surface area (Å²) in [6, 6.07) is 19.3. The maximum atomic E-state index is 12.6. The first-order chi connectivity index (χ1) is 14.0. The highest BCUT2D eigenvalue weighted by Crippen LogP contribution is 2.31. The second-order valence-electron chi connectivity index (χ2n) is 5.88. The van der Waals surface area contributed by atoms with Crippen molar-refractivity contribution in [2.75, 3.05) is 18.5 Å². The van der Waals surface area contributed by atoms with Crippen LogP contribution in [-0.4, -0.2) is 30.8 Å². The van der Waals surface area contributed by atoms with E-state index < -0.39 is 24.2 Å². The lowest BCUT2D eigenvalue weighted by Gasteiger charge is -2.11. The van der Waals surface area contributed by atoms with Crippen molar-refractivity contribution in [2.24, 2.45) is 0 Å². The minimum absolute atomic E-state index is 0.224. The Morgan fingerprint density at radius 1 is 0.931 bits per heavy atom. The highest BCUT2D eigenvalue weighted by atomic mass is 32.2. The van der Waals surface area contributed by atoms with Crippen molar-refractivity contribution >= 4 is 40.1 Å². The Balaban J connectivity index is 1.47. The number of ether oxygens (including phenoxy) is 2. The summed E-state index contributed by atoms with van der Waals surface area (Å²) in [5.74, 6) is -3.46. The standard InChI is InChI=1S/C21H17F2NO4S/c22-21(23)29-18-8-4-3-7-17(18)24-19(25)12-28-20(26)13-27-16-10-9-14-5-1-2-6-15(14)11-16/h1-11,21H,12-13H2,(H,24,25). The SMILES string of the molecule is O=C(COC(=O)COc1ccc2ccccc2c1)Nc1ccccc1SC(F)F. The van der Waals surface area contributed by atoms with Gasteiger partial charge in [0.1, 0.15) is 5.75 Å². The third-order valence-electron chi connectivity index (χ3n) is 3.82. The first-order valence-electron chi connectivity index (χ1n) is 8.62. The van der Waals surface area contributed by atoms with E-state index in [4.69, 9.17) is 9.47 Å². The smallest absolute Gasteiger partial charge is 0.344 e. The molecule has 1 N–H and O–H groups in total. The fraction of sp³-hybridized carbons (Fsp3) is 0.143. The van der Waals surface area contributed by atoms with Crippen LogP contribution in [-0.2, 0) is 14.3 Å². The molecule has 0 aliphatic heterocycles. The molecule has 0 radical (unpaired) electrons. The number of rotatable bonds is 8. The van der Waals surface area contributed by atoms with Gasteiger partial charge in [0.15, 0.2) is 13.2 Å². The van der Waals surface area contributed by atoms with Crippen molar-refractivity contribution in [3.63, 3.8) is 0 Å². The lowest BCUT2D eigenvalue weighted by atomic mass is 10.1. The fourth-order valence-electron chi connectivity index (χ4n) is 2.54. The predicted molar refractivity (Wildman–Crippen MR) is 107 cm³/mol. The highest BCUT2D eigenvalue weighted by Gasteiger charge is 2.13. The zero-order valence-corrected chi connectivity index (χ0v) is 16.0. The molecule has 3 aromatic carbocycles. The van der Waals surface area contributed by atoms with Crippen LogP contribution in [0.3, 0.4) is 0 Å². The molecule has 29 heavy (non-hydrogen) atoms. The molecule has 0 aliphatic carbocycles. The maximum absolute atomic E-state index is 12.6. The Morgan fingerprint density at radius 2 is 1.66 bits per heavy atom. The molecule has 150 valence electrons. The number of hydrogen-bond donors (Lipinski definition) is 1. The largest absolute Gasteiger partial charge is 0.482 e. The van der Waals surface area contributed by atoms with Gasteiger partial charge in [-0.3, -0.25) is 4.79 Å². The minimum Gasteiger partial charge on any atom is -0.482 e. The van der Waals surface area contributed by atoms with Crippen LogP contribution in [0.2, 0.25) is 0 Å². The average molecular weight is 417 g/mol. The molecule has 0 saturated carbocycles. The summed E-state index contributed by atoms with van der Waals surface area (Å²) < 4.78 is 35.4. The quantitative estimate of drug-likeness (QED) is 0.425. The number of amides is 1. The number of halogens is 2. The van der Waals surface area contributed by atoms with E-state index in [2.05, 4.69) is 5.32 Å². The summed E-state index contributed by atoms with van der Waals surface area (Å²) >= 11 is 0.322. The summed E-state index contributed by atoms with van der Waals surface area (Å²) in [5, 5.41) is 4.47. The molecule has 0 heterocycles.